The fourth-order valence-electron chi connectivity index (χ4n) is 5.34. The normalized spacial score (nSPS) is 12.1. The molecule has 0 amide bonds. The van der Waals surface area contributed by atoms with Gasteiger partial charge in [0.25, 0.3) is 0 Å². The molecule has 1 unspecified atom stereocenters. The first kappa shape index (κ1) is 44.9. The molecule has 6 heteroatoms. The molecule has 0 aromatic rings. The molecule has 0 aromatic heterocycles. The molecule has 0 saturated carbocycles. The van der Waals surface area contributed by atoms with Crippen LogP contribution in [0.1, 0.15) is 201 Å². The zero-order valence-electron chi connectivity index (χ0n) is 31.0. The summed E-state index contributed by atoms with van der Waals surface area (Å²) in [6.45, 7) is 6.48. The fourth-order valence-corrected chi connectivity index (χ4v) is 5.34. The Balaban J connectivity index is 4.37. The lowest BCUT2D eigenvalue weighted by Crippen LogP contribution is -2.30. The summed E-state index contributed by atoms with van der Waals surface area (Å²) >= 11 is 0. The standard InChI is InChI=1S/C41H74O6/c1-4-7-10-13-16-18-20-22-25-28-31-34-40(43)46-37-38(36-45-39(42)33-30-27-24-15-12-9-6-3)47-41(44)35-32-29-26-23-21-19-17-14-11-8-5-2/h13-14,16-17,38H,4-12,15,18-37H2,1-3H3/b16-13-,17-14-. The number of hydrogen-bond donors (Lipinski definition) is 0. The molecule has 0 aromatic carbocycles. The highest BCUT2D eigenvalue weighted by Crippen LogP contribution is 2.13. The maximum atomic E-state index is 12.6. The summed E-state index contributed by atoms with van der Waals surface area (Å²) in [7, 11) is 0. The van der Waals surface area contributed by atoms with Gasteiger partial charge in [0.05, 0.1) is 0 Å². The van der Waals surface area contributed by atoms with Crippen molar-refractivity contribution in [3.05, 3.63) is 24.3 Å². The van der Waals surface area contributed by atoms with Gasteiger partial charge in [0, 0.05) is 19.3 Å². The molecule has 0 spiro atoms. The summed E-state index contributed by atoms with van der Waals surface area (Å²) in [6, 6.07) is 0. The van der Waals surface area contributed by atoms with E-state index in [1.54, 1.807) is 0 Å². The largest absolute Gasteiger partial charge is 0.462 e. The van der Waals surface area contributed by atoms with Crippen LogP contribution in [0.2, 0.25) is 0 Å². The topological polar surface area (TPSA) is 78.9 Å². The number of carbonyl (C=O) groups is 3. The van der Waals surface area contributed by atoms with Crippen molar-refractivity contribution in [3.8, 4) is 0 Å². The van der Waals surface area contributed by atoms with Crippen LogP contribution in [0.15, 0.2) is 24.3 Å². The van der Waals surface area contributed by atoms with E-state index in [1.165, 1.54) is 83.5 Å². The van der Waals surface area contributed by atoms with Crippen LogP contribution >= 0.6 is 0 Å². The highest BCUT2D eigenvalue weighted by Gasteiger charge is 2.19. The van der Waals surface area contributed by atoms with Crippen molar-refractivity contribution in [1.82, 2.24) is 0 Å². The molecule has 47 heavy (non-hydrogen) atoms. The molecule has 0 heterocycles. The average molecular weight is 663 g/mol. The Bertz CT molecular complexity index is 774. The Morgan fingerprint density at radius 1 is 0.404 bits per heavy atom. The SMILES string of the molecule is CCCC/C=C\CCCCCCCC(=O)OCC(COC(=O)CCCCCCCCC)OC(=O)CCCCCCC/C=C\CCCC. The van der Waals surface area contributed by atoms with Crippen molar-refractivity contribution in [1.29, 1.82) is 0 Å². The molecule has 0 aliphatic rings. The van der Waals surface area contributed by atoms with Gasteiger partial charge in [-0.3, -0.25) is 14.4 Å². The van der Waals surface area contributed by atoms with Gasteiger partial charge in [-0.1, -0.05) is 148 Å². The summed E-state index contributed by atoms with van der Waals surface area (Å²) in [5, 5.41) is 0. The number of esters is 3. The van der Waals surface area contributed by atoms with Crippen molar-refractivity contribution in [2.24, 2.45) is 0 Å². The number of rotatable bonds is 35. The lowest BCUT2D eigenvalue weighted by Gasteiger charge is -2.18. The van der Waals surface area contributed by atoms with Crippen LogP contribution in [0, 0.1) is 0 Å². The second-order valence-corrected chi connectivity index (χ2v) is 13.2. The molecule has 0 N–H and O–H groups in total. The Labute approximate surface area is 290 Å². The van der Waals surface area contributed by atoms with E-state index in [1.807, 2.05) is 0 Å². The second kappa shape index (κ2) is 36.7. The summed E-state index contributed by atoms with van der Waals surface area (Å²) in [4.78, 5) is 37.3. The highest BCUT2D eigenvalue weighted by atomic mass is 16.6. The first-order valence-electron chi connectivity index (χ1n) is 19.8. The van der Waals surface area contributed by atoms with Crippen molar-refractivity contribution in [3.63, 3.8) is 0 Å². The highest BCUT2D eigenvalue weighted by molar-refractivity contribution is 5.71. The third-order valence-electron chi connectivity index (χ3n) is 8.43. The van der Waals surface area contributed by atoms with Gasteiger partial charge in [-0.25, -0.2) is 0 Å². The molecular weight excluding hydrogens is 588 g/mol. The van der Waals surface area contributed by atoms with Gasteiger partial charge in [0.2, 0.25) is 0 Å². The molecule has 0 rings (SSSR count). The van der Waals surface area contributed by atoms with Crippen molar-refractivity contribution >= 4 is 17.9 Å². The molecule has 0 aliphatic carbocycles. The van der Waals surface area contributed by atoms with Gasteiger partial charge in [-0.05, 0) is 57.8 Å². The molecular formula is C41H74O6. The third kappa shape index (κ3) is 35.0. The minimum atomic E-state index is -0.769. The number of hydrogen-bond acceptors (Lipinski definition) is 6. The molecule has 6 nitrogen and oxygen atoms in total. The second-order valence-electron chi connectivity index (χ2n) is 13.2. The van der Waals surface area contributed by atoms with E-state index in [4.69, 9.17) is 14.2 Å². The van der Waals surface area contributed by atoms with Crippen molar-refractivity contribution in [2.75, 3.05) is 13.2 Å². The molecule has 0 bridgehead atoms. The third-order valence-corrected chi connectivity index (χ3v) is 8.43. The summed E-state index contributed by atoms with van der Waals surface area (Å²) in [5.41, 5.74) is 0. The van der Waals surface area contributed by atoms with Crippen LogP contribution < -0.4 is 0 Å². The lowest BCUT2D eigenvalue weighted by atomic mass is 10.1. The van der Waals surface area contributed by atoms with Gasteiger partial charge in [0.1, 0.15) is 13.2 Å². The fraction of sp³-hybridized carbons (Fsp3) is 0.829. The van der Waals surface area contributed by atoms with E-state index in [9.17, 15) is 14.4 Å². The number of unbranched alkanes of at least 4 members (excludes halogenated alkanes) is 20. The van der Waals surface area contributed by atoms with Crippen LogP contribution in [0.25, 0.3) is 0 Å². The van der Waals surface area contributed by atoms with E-state index in [-0.39, 0.29) is 31.1 Å². The Morgan fingerprint density at radius 2 is 0.723 bits per heavy atom. The van der Waals surface area contributed by atoms with Crippen LogP contribution in [0.3, 0.4) is 0 Å². The Hall–Kier alpha value is -2.11. The first-order valence-corrected chi connectivity index (χ1v) is 19.8. The van der Waals surface area contributed by atoms with E-state index in [2.05, 4.69) is 45.1 Å². The van der Waals surface area contributed by atoms with E-state index < -0.39 is 6.10 Å². The monoisotopic (exact) mass is 663 g/mol. The maximum absolute atomic E-state index is 12.6. The molecule has 0 radical (unpaired) electrons. The number of allylic oxidation sites excluding steroid dienone is 4. The summed E-state index contributed by atoms with van der Waals surface area (Å²) in [6.07, 6.45) is 37.4. The van der Waals surface area contributed by atoms with Crippen LogP contribution in [0.4, 0.5) is 0 Å². The average Bonchev–Trinajstić information content (AvgIpc) is 3.06. The van der Waals surface area contributed by atoms with Gasteiger partial charge < -0.3 is 14.2 Å². The molecule has 1 atom stereocenters. The zero-order valence-corrected chi connectivity index (χ0v) is 31.0. The van der Waals surface area contributed by atoms with Crippen LogP contribution in [-0.4, -0.2) is 37.2 Å². The van der Waals surface area contributed by atoms with E-state index in [0.29, 0.717) is 19.3 Å². The maximum Gasteiger partial charge on any atom is 0.306 e. The smallest absolute Gasteiger partial charge is 0.306 e. The first-order chi connectivity index (χ1) is 23.0. The van der Waals surface area contributed by atoms with E-state index >= 15 is 0 Å². The summed E-state index contributed by atoms with van der Waals surface area (Å²) < 4.78 is 16.5. The van der Waals surface area contributed by atoms with E-state index in [0.717, 1.165) is 77.0 Å². The van der Waals surface area contributed by atoms with Gasteiger partial charge in [-0.15, -0.1) is 0 Å². The van der Waals surface area contributed by atoms with Gasteiger partial charge in [-0.2, -0.15) is 0 Å². The molecule has 0 saturated heterocycles. The molecule has 0 aliphatic heterocycles. The minimum Gasteiger partial charge on any atom is -0.462 e. The Kier molecular flexibility index (Phi) is 35.1. The number of ether oxygens (including phenoxy) is 3. The van der Waals surface area contributed by atoms with Gasteiger partial charge >= 0.3 is 17.9 Å². The predicted octanol–water partition coefficient (Wildman–Crippen LogP) is 12.1. The minimum absolute atomic E-state index is 0.0764. The number of carbonyl (C=O) groups excluding carboxylic acids is 3. The Morgan fingerprint density at radius 3 is 1.13 bits per heavy atom. The zero-order chi connectivity index (χ0) is 34.5. The van der Waals surface area contributed by atoms with Crippen LogP contribution in [-0.2, 0) is 28.6 Å². The summed E-state index contributed by atoms with van der Waals surface area (Å²) in [5.74, 6) is -0.907. The molecule has 0 fully saturated rings. The van der Waals surface area contributed by atoms with Crippen LogP contribution in [0.5, 0.6) is 0 Å². The molecule has 274 valence electrons. The quantitative estimate of drug-likeness (QED) is 0.0291. The van der Waals surface area contributed by atoms with Crippen molar-refractivity contribution in [2.45, 2.75) is 207 Å². The van der Waals surface area contributed by atoms with Crippen molar-refractivity contribution < 1.29 is 28.6 Å². The van der Waals surface area contributed by atoms with Gasteiger partial charge in [0.15, 0.2) is 6.10 Å². The predicted molar refractivity (Wildman–Crippen MR) is 196 cm³/mol. The lowest BCUT2D eigenvalue weighted by molar-refractivity contribution is -0.167.